The second-order valence-corrected chi connectivity index (χ2v) is 8.10. The Morgan fingerprint density at radius 3 is 2.57 bits per heavy atom. The van der Waals surface area contributed by atoms with Crippen molar-refractivity contribution in [1.82, 2.24) is 14.5 Å². The summed E-state index contributed by atoms with van der Waals surface area (Å²) >= 11 is 12.6. The monoisotopic (exact) mass is 448 g/mol. The van der Waals surface area contributed by atoms with Crippen molar-refractivity contribution in [2.24, 2.45) is 7.05 Å². The van der Waals surface area contributed by atoms with Crippen LogP contribution in [0, 0.1) is 0 Å². The highest BCUT2D eigenvalue weighted by Gasteiger charge is 2.28. The van der Waals surface area contributed by atoms with Gasteiger partial charge in [-0.3, -0.25) is 9.36 Å². The highest BCUT2D eigenvalue weighted by atomic mass is 35.5. The number of rotatable bonds is 4. The van der Waals surface area contributed by atoms with Crippen molar-refractivity contribution in [3.63, 3.8) is 0 Å². The molecule has 1 atom stereocenters. The van der Waals surface area contributed by atoms with Gasteiger partial charge in [-0.15, -0.1) is 11.6 Å². The normalized spacial score (nSPS) is 15.5. The molecular formula is C21H22Cl2N4O3. The summed E-state index contributed by atoms with van der Waals surface area (Å²) in [6, 6.07) is 11.0. The van der Waals surface area contributed by atoms with Crippen LogP contribution in [0.25, 0.3) is 11.0 Å². The molecule has 3 aromatic rings. The number of amides is 1. The fraction of sp³-hybridized carbons (Fsp3) is 0.333. The number of benzene rings is 2. The molecule has 0 saturated carbocycles. The number of methoxy groups -OCH3 is 1. The number of nitrogens with zero attached hydrogens (tertiary/aromatic N) is 3. The zero-order valence-electron chi connectivity index (χ0n) is 16.7. The molecule has 1 saturated heterocycles. The van der Waals surface area contributed by atoms with Crippen LogP contribution in [0.1, 0.15) is 10.9 Å². The molecule has 0 radical (unpaired) electrons. The zero-order chi connectivity index (χ0) is 21.4. The first-order valence-corrected chi connectivity index (χ1v) is 10.4. The van der Waals surface area contributed by atoms with E-state index in [1.807, 2.05) is 18.2 Å². The molecule has 1 aliphatic heterocycles. The van der Waals surface area contributed by atoms with E-state index >= 15 is 0 Å². The molecular weight excluding hydrogens is 427 g/mol. The number of nitrogens with one attached hydrogen (secondary N) is 1. The molecule has 1 fully saturated rings. The van der Waals surface area contributed by atoms with Gasteiger partial charge in [0.2, 0.25) is 5.91 Å². The summed E-state index contributed by atoms with van der Waals surface area (Å²) in [5, 5.41) is -0.237. The topological polar surface area (TPSA) is 70.6 Å². The molecule has 1 aromatic heterocycles. The van der Waals surface area contributed by atoms with Crippen LogP contribution in [-0.2, 0) is 11.8 Å². The van der Waals surface area contributed by atoms with E-state index < -0.39 is 5.38 Å². The van der Waals surface area contributed by atoms with E-state index in [0.29, 0.717) is 42.5 Å². The van der Waals surface area contributed by atoms with Crippen LogP contribution < -0.4 is 15.3 Å². The number of carbonyl (C=O) groups is 1. The Kier molecular flexibility index (Phi) is 5.66. The van der Waals surface area contributed by atoms with Gasteiger partial charge in [0.15, 0.2) is 0 Å². The van der Waals surface area contributed by atoms with Crippen molar-refractivity contribution >= 4 is 45.8 Å². The molecule has 1 unspecified atom stereocenters. The number of imidazole rings is 1. The molecule has 0 aliphatic carbocycles. The van der Waals surface area contributed by atoms with E-state index in [4.69, 9.17) is 27.9 Å². The third-order valence-corrected chi connectivity index (χ3v) is 6.28. The number of anilines is 1. The minimum absolute atomic E-state index is 0.134. The van der Waals surface area contributed by atoms with Gasteiger partial charge in [0.05, 0.1) is 23.2 Å². The second kappa shape index (κ2) is 8.24. The predicted octanol–water partition coefficient (Wildman–Crippen LogP) is 3.16. The molecule has 0 bridgehead atoms. The van der Waals surface area contributed by atoms with Gasteiger partial charge in [0, 0.05) is 45.0 Å². The summed E-state index contributed by atoms with van der Waals surface area (Å²) < 4.78 is 6.80. The van der Waals surface area contributed by atoms with Gasteiger partial charge in [0.1, 0.15) is 11.1 Å². The molecule has 1 amide bonds. The van der Waals surface area contributed by atoms with Gasteiger partial charge in [-0.25, -0.2) is 4.79 Å². The quantitative estimate of drug-likeness (QED) is 0.622. The van der Waals surface area contributed by atoms with Crippen LogP contribution >= 0.6 is 23.2 Å². The molecule has 158 valence electrons. The van der Waals surface area contributed by atoms with Gasteiger partial charge in [-0.05, 0) is 29.8 Å². The zero-order valence-corrected chi connectivity index (χ0v) is 18.2. The first-order valence-electron chi connectivity index (χ1n) is 9.59. The predicted molar refractivity (Wildman–Crippen MR) is 119 cm³/mol. The first-order chi connectivity index (χ1) is 14.4. The Morgan fingerprint density at radius 2 is 1.87 bits per heavy atom. The number of piperazine rings is 1. The third-order valence-electron chi connectivity index (χ3n) is 5.53. The number of hydrogen-bond acceptors (Lipinski definition) is 4. The largest absolute Gasteiger partial charge is 0.495 e. The minimum atomic E-state index is -0.804. The lowest BCUT2D eigenvalue weighted by atomic mass is 10.1. The summed E-state index contributed by atoms with van der Waals surface area (Å²) in [6.07, 6.45) is 0. The van der Waals surface area contributed by atoms with E-state index in [9.17, 15) is 9.59 Å². The number of fused-ring (bicyclic) bond motifs is 1. The minimum Gasteiger partial charge on any atom is -0.495 e. The Balaban J connectivity index is 1.45. The molecule has 30 heavy (non-hydrogen) atoms. The molecule has 7 nitrogen and oxygen atoms in total. The summed E-state index contributed by atoms with van der Waals surface area (Å²) in [5.74, 6) is 0.493. The van der Waals surface area contributed by atoms with Crippen molar-refractivity contribution in [1.29, 1.82) is 0 Å². The SMILES string of the molecule is COc1cc(N2CCN(C(=O)C(Cl)c3ccc4[nH]c(=O)n(C)c4c3)CC2)ccc1Cl. The number of halogens is 2. The first kappa shape index (κ1) is 20.6. The van der Waals surface area contributed by atoms with Crippen LogP contribution in [-0.4, -0.2) is 53.6 Å². The van der Waals surface area contributed by atoms with Crippen LogP contribution in [0.4, 0.5) is 5.69 Å². The van der Waals surface area contributed by atoms with Crippen molar-refractivity contribution < 1.29 is 9.53 Å². The lowest BCUT2D eigenvalue weighted by Crippen LogP contribution is -2.49. The Hall–Kier alpha value is -2.64. The van der Waals surface area contributed by atoms with E-state index in [2.05, 4.69) is 9.88 Å². The number of ether oxygens (including phenoxy) is 1. The summed E-state index contributed by atoms with van der Waals surface area (Å²) in [4.78, 5) is 31.5. The summed E-state index contributed by atoms with van der Waals surface area (Å²) in [7, 11) is 3.27. The van der Waals surface area contributed by atoms with E-state index in [1.165, 1.54) is 4.57 Å². The second-order valence-electron chi connectivity index (χ2n) is 7.26. The molecule has 0 spiro atoms. The van der Waals surface area contributed by atoms with Crippen molar-refractivity contribution in [3.05, 3.63) is 57.5 Å². The van der Waals surface area contributed by atoms with E-state index in [1.54, 1.807) is 37.3 Å². The van der Waals surface area contributed by atoms with Crippen LogP contribution in [0.5, 0.6) is 5.75 Å². The lowest BCUT2D eigenvalue weighted by Gasteiger charge is -2.37. The van der Waals surface area contributed by atoms with Crippen LogP contribution in [0.3, 0.4) is 0 Å². The van der Waals surface area contributed by atoms with Gasteiger partial charge in [-0.2, -0.15) is 0 Å². The van der Waals surface area contributed by atoms with Crippen molar-refractivity contribution in [2.45, 2.75) is 5.38 Å². The fourth-order valence-corrected chi connectivity index (χ4v) is 4.20. The third kappa shape index (κ3) is 3.75. The van der Waals surface area contributed by atoms with E-state index in [0.717, 1.165) is 16.7 Å². The van der Waals surface area contributed by atoms with Crippen molar-refractivity contribution in [3.8, 4) is 5.75 Å². The summed E-state index contributed by atoms with van der Waals surface area (Å²) in [6.45, 7) is 2.51. The van der Waals surface area contributed by atoms with Crippen LogP contribution in [0.15, 0.2) is 41.2 Å². The Labute approximate surface area is 183 Å². The number of aromatic amines is 1. The smallest absolute Gasteiger partial charge is 0.326 e. The number of alkyl halides is 1. The number of carbonyl (C=O) groups excluding carboxylic acids is 1. The molecule has 2 aromatic carbocycles. The summed E-state index contributed by atoms with van der Waals surface area (Å²) in [5.41, 5.74) is 2.92. The van der Waals surface area contributed by atoms with Gasteiger partial charge >= 0.3 is 5.69 Å². The molecule has 2 heterocycles. The number of hydrogen-bond donors (Lipinski definition) is 1. The highest BCUT2D eigenvalue weighted by Crippen LogP contribution is 2.31. The van der Waals surface area contributed by atoms with Gasteiger partial charge < -0.3 is 19.5 Å². The number of aryl methyl sites for hydroxylation is 1. The number of H-pyrrole nitrogens is 1. The van der Waals surface area contributed by atoms with Crippen LogP contribution in [0.2, 0.25) is 5.02 Å². The fourth-order valence-electron chi connectivity index (χ4n) is 3.73. The number of aromatic nitrogens is 2. The maximum Gasteiger partial charge on any atom is 0.326 e. The standard InChI is InChI=1S/C21H22Cl2N4O3/c1-25-17-11-13(3-6-16(17)24-21(25)29)19(23)20(28)27-9-7-26(8-10-27)14-4-5-15(22)18(12-14)30-2/h3-6,11-12,19H,7-10H2,1-2H3,(H,24,29). The Morgan fingerprint density at radius 1 is 1.13 bits per heavy atom. The van der Waals surface area contributed by atoms with Gasteiger partial charge in [0.25, 0.3) is 0 Å². The average molecular weight is 449 g/mol. The maximum atomic E-state index is 13.0. The average Bonchev–Trinajstić information content (AvgIpc) is 3.06. The molecule has 1 N–H and O–H groups in total. The lowest BCUT2D eigenvalue weighted by molar-refractivity contribution is -0.131. The molecule has 4 rings (SSSR count). The molecule has 1 aliphatic rings. The maximum absolute atomic E-state index is 13.0. The van der Waals surface area contributed by atoms with Gasteiger partial charge in [-0.1, -0.05) is 17.7 Å². The highest BCUT2D eigenvalue weighted by molar-refractivity contribution is 6.32. The van der Waals surface area contributed by atoms with Crippen molar-refractivity contribution in [2.75, 3.05) is 38.2 Å². The van der Waals surface area contributed by atoms with E-state index in [-0.39, 0.29) is 11.6 Å². The molecule has 9 heteroatoms. The Bertz CT molecular complexity index is 1150.